The quantitative estimate of drug-likeness (QED) is 0.656. The summed E-state index contributed by atoms with van der Waals surface area (Å²) in [6, 6.07) is 5.02. The Kier molecular flexibility index (Phi) is 7.68. The molecule has 0 aromatic heterocycles. The Bertz CT molecular complexity index is 520. The molecule has 3 N–H and O–H groups in total. The molecular weight excluding hydrogens is 344 g/mol. The van der Waals surface area contributed by atoms with Crippen molar-refractivity contribution >= 4 is 26.0 Å². The van der Waals surface area contributed by atoms with Crippen molar-refractivity contribution in [2.24, 2.45) is 5.73 Å². The fourth-order valence-electron chi connectivity index (χ4n) is 1.72. The Morgan fingerprint density at radius 2 is 2.05 bits per heavy atom. The number of halogens is 1. The summed E-state index contributed by atoms with van der Waals surface area (Å²) in [4.78, 5) is 0.242. The van der Waals surface area contributed by atoms with Crippen LogP contribution in [0.5, 0.6) is 0 Å². The van der Waals surface area contributed by atoms with Gasteiger partial charge >= 0.3 is 0 Å². The molecule has 1 aromatic rings. The molecule has 0 radical (unpaired) electrons. The zero-order valence-electron chi connectivity index (χ0n) is 11.6. The lowest BCUT2D eigenvalue weighted by Crippen LogP contribution is -2.25. The molecule has 0 saturated carbocycles. The molecule has 0 atom stereocenters. The molecule has 0 fully saturated rings. The highest BCUT2D eigenvalue weighted by atomic mass is 79.9. The van der Waals surface area contributed by atoms with Crippen molar-refractivity contribution in [1.29, 1.82) is 0 Å². The van der Waals surface area contributed by atoms with E-state index in [0.717, 1.165) is 24.8 Å². The second-order valence-corrected chi connectivity index (χ2v) is 7.01. The molecule has 0 aliphatic carbocycles. The van der Waals surface area contributed by atoms with Crippen molar-refractivity contribution in [3.63, 3.8) is 0 Å². The number of methoxy groups -OCH3 is 1. The Hall–Kier alpha value is -0.470. The minimum Gasteiger partial charge on any atom is -0.385 e. The summed E-state index contributed by atoms with van der Waals surface area (Å²) in [6.07, 6.45) is 2.66. The SMILES string of the molecule is COCCCCCNS(=O)(=O)c1ccc(CN)cc1Br. The molecule has 1 rings (SSSR count). The average Bonchev–Trinajstić information content (AvgIpc) is 2.42. The third-order valence-electron chi connectivity index (χ3n) is 2.84. The highest BCUT2D eigenvalue weighted by Gasteiger charge is 2.16. The normalized spacial score (nSPS) is 11.8. The average molecular weight is 365 g/mol. The van der Waals surface area contributed by atoms with Crippen molar-refractivity contribution in [3.05, 3.63) is 28.2 Å². The van der Waals surface area contributed by atoms with E-state index in [1.54, 1.807) is 25.3 Å². The molecule has 0 unspecified atom stereocenters. The van der Waals surface area contributed by atoms with E-state index >= 15 is 0 Å². The van der Waals surface area contributed by atoms with Gasteiger partial charge in [0.05, 0.1) is 4.90 Å². The van der Waals surface area contributed by atoms with Crippen LogP contribution in [0.4, 0.5) is 0 Å². The molecular formula is C13H21BrN2O3S. The minimum atomic E-state index is -3.48. The Morgan fingerprint density at radius 3 is 2.65 bits per heavy atom. The summed E-state index contributed by atoms with van der Waals surface area (Å²) < 4.78 is 32.4. The predicted octanol–water partition coefficient (Wildman–Crippen LogP) is 2.00. The fourth-order valence-corrected chi connectivity index (χ4v) is 3.92. The smallest absolute Gasteiger partial charge is 0.241 e. The number of rotatable bonds is 9. The first-order valence-electron chi connectivity index (χ1n) is 6.48. The molecule has 7 heteroatoms. The van der Waals surface area contributed by atoms with E-state index in [9.17, 15) is 8.42 Å². The first-order valence-corrected chi connectivity index (χ1v) is 8.76. The van der Waals surface area contributed by atoms with Gasteiger partial charge < -0.3 is 10.5 Å². The Labute approximate surface area is 129 Å². The highest BCUT2D eigenvalue weighted by molar-refractivity contribution is 9.10. The van der Waals surface area contributed by atoms with Crippen LogP contribution in [0.15, 0.2) is 27.6 Å². The van der Waals surface area contributed by atoms with Crippen LogP contribution in [0, 0.1) is 0 Å². The molecule has 0 saturated heterocycles. The molecule has 20 heavy (non-hydrogen) atoms. The number of benzene rings is 1. The molecule has 1 aromatic carbocycles. The molecule has 5 nitrogen and oxygen atoms in total. The van der Waals surface area contributed by atoms with Crippen LogP contribution < -0.4 is 10.5 Å². The van der Waals surface area contributed by atoms with Crippen LogP contribution in [0.3, 0.4) is 0 Å². The van der Waals surface area contributed by atoms with Crippen molar-refractivity contribution in [3.8, 4) is 0 Å². The van der Waals surface area contributed by atoms with Crippen LogP contribution in [-0.2, 0) is 21.3 Å². The van der Waals surface area contributed by atoms with Crippen LogP contribution >= 0.6 is 15.9 Å². The van der Waals surface area contributed by atoms with Gasteiger partial charge in [0.1, 0.15) is 0 Å². The van der Waals surface area contributed by atoms with E-state index in [-0.39, 0.29) is 4.90 Å². The first-order chi connectivity index (χ1) is 9.51. The van der Waals surface area contributed by atoms with Gasteiger partial charge in [-0.25, -0.2) is 13.1 Å². The van der Waals surface area contributed by atoms with Gasteiger partial charge in [-0.3, -0.25) is 0 Å². The maximum absolute atomic E-state index is 12.1. The van der Waals surface area contributed by atoms with Crippen molar-refractivity contribution in [2.45, 2.75) is 30.7 Å². The lowest BCUT2D eigenvalue weighted by Gasteiger charge is -2.09. The second-order valence-electron chi connectivity index (χ2n) is 4.42. The molecule has 0 amide bonds. The van der Waals surface area contributed by atoms with Gasteiger partial charge in [-0.2, -0.15) is 0 Å². The zero-order chi connectivity index (χ0) is 15.0. The van der Waals surface area contributed by atoms with Gasteiger partial charge in [0.2, 0.25) is 10.0 Å². The molecule has 0 aliphatic rings. The largest absolute Gasteiger partial charge is 0.385 e. The highest BCUT2D eigenvalue weighted by Crippen LogP contribution is 2.23. The summed E-state index contributed by atoms with van der Waals surface area (Å²) in [6.45, 7) is 1.52. The molecule has 0 heterocycles. The monoisotopic (exact) mass is 364 g/mol. The second kappa shape index (κ2) is 8.74. The van der Waals surface area contributed by atoms with E-state index in [2.05, 4.69) is 20.7 Å². The third kappa shape index (κ3) is 5.49. The summed E-state index contributed by atoms with van der Waals surface area (Å²) >= 11 is 3.28. The Balaban J connectivity index is 2.56. The van der Waals surface area contributed by atoms with Gasteiger partial charge in [-0.05, 0) is 52.9 Å². The summed E-state index contributed by atoms with van der Waals surface area (Å²) in [5, 5.41) is 0. The third-order valence-corrected chi connectivity index (χ3v) is 5.28. The molecule has 0 spiro atoms. The van der Waals surface area contributed by atoms with E-state index in [4.69, 9.17) is 10.5 Å². The van der Waals surface area contributed by atoms with Gasteiger partial charge in [0, 0.05) is 31.3 Å². The van der Waals surface area contributed by atoms with Gasteiger partial charge in [0.25, 0.3) is 0 Å². The Morgan fingerprint density at radius 1 is 1.30 bits per heavy atom. The van der Waals surface area contributed by atoms with Crippen molar-refractivity contribution < 1.29 is 13.2 Å². The van der Waals surface area contributed by atoms with Crippen molar-refractivity contribution in [1.82, 2.24) is 4.72 Å². The summed E-state index contributed by atoms with van der Waals surface area (Å²) in [5.41, 5.74) is 6.40. The van der Waals surface area contributed by atoms with Gasteiger partial charge in [-0.15, -0.1) is 0 Å². The zero-order valence-corrected chi connectivity index (χ0v) is 14.0. The number of sulfonamides is 1. The number of nitrogens with one attached hydrogen (secondary N) is 1. The predicted molar refractivity (Wildman–Crippen MR) is 82.9 cm³/mol. The lowest BCUT2D eigenvalue weighted by molar-refractivity contribution is 0.192. The number of hydrogen-bond donors (Lipinski definition) is 2. The van der Waals surface area contributed by atoms with E-state index in [1.807, 2.05) is 0 Å². The first kappa shape index (κ1) is 17.6. The van der Waals surface area contributed by atoms with E-state index < -0.39 is 10.0 Å². The molecule has 0 bridgehead atoms. The minimum absolute atomic E-state index is 0.242. The molecule has 0 aliphatic heterocycles. The topological polar surface area (TPSA) is 81.4 Å². The fraction of sp³-hybridized carbons (Fsp3) is 0.538. The van der Waals surface area contributed by atoms with Gasteiger partial charge in [0.15, 0.2) is 0 Å². The van der Waals surface area contributed by atoms with Crippen LogP contribution in [-0.4, -0.2) is 28.7 Å². The molecule has 114 valence electrons. The summed E-state index contributed by atoms with van der Waals surface area (Å²) in [7, 11) is -1.82. The van der Waals surface area contributed by atoms with Crippen LogP contribution in [0.1, 0.15) is 24.8 Å². The van der Waals surface area contributed by atoms with Crippen LogP contribution in [0.25, 0.3) is 0 Å². The maximum Gasteiger partial charge on any atom is 0.241 e. The summed E-state index contributed by atoms with van der Waals surface area (Å²) in [5.74, 6) is 0. The van der Waals surface area contributed by atoms with E-state index in [0.29, 0.717) is 24.2 Å². The maximum atomic E-state index is 12.1. The number of hydrogen-bond acceptors (Lipinski definition) is 4. The van der Waals surface area contributed by atoms with Crippen molar-refractivity contribution in [2.75, 3.05) is 20.3 Å². The lowest BCUT2D eigenvalue weighted by atomic mass is 10.2. The number of ether oxygens (including phenoxy) is 1. The standard InChI is InChI=1S/C13H21BrN2O3S/c1-19-8-4-2-3-7-16-20(17,18)13-6-5-11(10-15)9-12(13)14/h5-6,9,16H,2-4,7-8,10,15H2,1H3. The van der Waals surface area contributed by atoms with E-state index in [1.165, 1.54) is 0 Å². The number of unbranched alkanes of at least 4 members (excludes halogenated alkanes) is 2. The number of nitrogens with two attached hydrogens (primary N) is 1. The van der Waals surface area contributed by atoms with Gasteiger partial charge in [-0.1, -0.05) is 6.07 Å². The van der Waals surface area contributed by atoms with Crippen LogP contribution in [0.2, 0.25) is 0 Å².